The van der Waals surface area contributed by atoms with E-state index in [2.05, 4.69) is 17.9 Å². The van der Waals surface area contributed by atoms with Crippen molar-refractivity contribution in [2.45, 2.75) is 25.4 Å². The van der Waals surface area contributed by atoms with E-state index in [0.717, 1.165) is 16.9 Å². The summed E-state index contributed by atoms with van der Waals surface area (Å²) in [5, 5.41) is 2.86. The Hall–Kier alpha value is -2.73. The van der Waals surface area contributed by atoms with Crippen molar-refractivity contribution in [1.82, 2.24) is 10.2 Å². The quantitative estimate of drug-likeness (QED) is 0.658. The van der Waals surface area contributed by atoms with Crippen molar-refractivity contribution >= 4 is 30.5 Å². The van der Waals surface area contributed by atoms with Gasteiger partial charge >= 0.3 is 0 Å². The van der Waals surface area contributed by atoms with Crippen LogP contribution in [0.2, 0.25) is 0 Å². The van der Waals surface area contributed by atoms with Crippen LogP contribution in [-0.4, -0.2) is 47.7 Å². The molecule has 1 N–H and O–H groups in total. The van der Waals surface area contributed by atoms with E-state index >= 15 is 0 Å². The number of thiol groups is 1. The predicted molar refractivity (Wildman–Crippen MR) is 118 cm³/mol. The Bertz CT molecular complexity index is 852. The van der Waals surface area contributed by atoms with Crippen molar-refractivity contribution in [3.05, 3.63) is 71.8 Å². The molecule has 1 saturated heterocycles. The van der Waals surface area contributed by atoms with E-state index in [9.17, 15) is 9.59 Å². The van der Waals surface area contributed by atoms with Crippen LogP contribution in [0, 0.1) is 0 Å². The smallest absolute Gasteiger partial charge is 0.246 e. The minimum absolute atomic E-state index is 0.0877. The molecule has 1 aliphatic rings. The van der Waals surface area contributed by atoms with Gasteiger partial charge in [0.15, 0.2) is 0 Å². The number of rotatable bonds is 8. The van der Waals surface area contributed by atoms with Crippen LogP contribution < -0.4 is 10.1 Å². The number of piperazine rings is 1. The van der Waals surface area contributed by atoms with Crippen molar-refractivity contribution < 1.29 is 14.3 Å². The summed E-state index contributed by atoms with van der Waals surface area (Å²) >= 11 is 4.28. The molecule has 0 radical (unpaired) electrons. The molecular formula is C23H26N2O3S. The molecular weight excluding hydrogens is 384 g/mol. The van der Waals surface area contributed by atoms with Gasteiger partial charge in [0.2, 0.25) is 11.8 Å². The molecule has 2 atom stereocenters. The third kappa shape index (κ3) is 5.41. The zero-order valence-corrected chi connectivity index (χ0v) is 17.3. The molecule has 29 heavy (non-hydrogen) atoms. The standard InChI is InChI=1S/C23H26N2O3S/c1-2-28-19-12-10-18(11-13-19)15-20-23(27)25(21(16-29)22(26)24-20)14-6-9-17-7-4-3-5-8-17/h3-13,20-21,29H,2,14-16H2,1H3,(H,24,26)/b9-6+/t20-,21?/m0/s1. The second-order valence-corrected chi connectivity index (χ2v) is 7.21. The molecule has 2 aromatic rings. The lowest BCUT2D eigenvalue weighted by molar-refractivity contribution is -0.147. The largest absolute Gasteiger partial charge is 0.494 e. The molecule has 0 saturated carbocycles. The third-order valence-corrected chi connectivity index (χ3v) is 5.18. The fraction of sp³-hybridized carbons (Fsp3) is 0.304. The zero-order valence-electron chi connectivity index (χ0n) is 16.5. The Labute approximate surface area is 177 Å². The van der Waals surface area contributed by atoms with E-state index < -0.39 is 12.1 Å². The Morgan fingerprint density at radius 3 is 2.48 bits per heavy atom. The number of carbonyl (C=O) groups is 2. The normalized spacial score (nSPS) is 19.4. The van der Waals surface area contributed by atoms with Crippen LogP contribution in [-0.2, 0) is 16.0 Å². The van der Waals surface area contributed by atoms with Crippen LogP contribution in [0.25, 0.3) is 6.08 Å². The summed E-state index contributed by atoms with van der Waals surface area (Å²) in [6.07, 6.45) is 4.31. The van der Waals surface area contributed by atoms with Gasteiger partial charge in [-0.2, -0.15) is 12.6 Å². The molecule has 0 aliphatic carbocycles. The van der Waals surface area contributed by atoms with Gasteiger partial charge < -0.3 is 15.0 Å². The fourth-order valence-electron chi connectivity index (χ4n) is 3.35. The van der Waals surface area contributed by atoms with Crippen LogP contribution in [0.15, 0.2) is 60.7 Å². The van der Waals surface area contributed by atoms with Gasteiger partial charge in [-0.3, -0.25) is 9.59 Å². The summed E-state index contributed by atoms with van der Waals surface area (Å²) in [4.78, 5) is 27.2. The topological polar surface area (TPSA) is 58.6 Å². The Balaban J connectivity index is 1.70. The van der Waals surface area contributed by atoms with Gasteiger partial charge in [-0.25, -0.2) is 0 Å². The van der Waals surface area contributed by atoms with Crippen LogP contribution >= 0.6 is 12.6 Å². The predicted octanol–water partition coefficient (Wildman–Crippen LogP) is 2.97. The van der Waals surface area contributed by atoms with Crippen molar-refractivity contribution in [1.29, 1.82) is 0 Å². The van der Waals surface area contributed by atoms with Crippen molar-refractivity contribution in [3.63, 3.8) is 0 Å². The maximum atomic E-state index is 13.1. The molecule has 2 amide bonds. The number of carbonyl (C=O) groups excluding carboxylic acids is 2. The maximum absolute atomic E-state index is 13.1. The average Bonchev–Trinajstić information content (AvgIpc) is 2.74. The highest BCUT2D eigenvalue weighted by Gasteiger charge is 2.39. The summed E-state index contributed by atoms with van der Waals surface area (Å²) in [6.45, 7) is 2.90. The second-order valence-electron chi connectivity index (χ2n) is 6.84. The molecule has 1 aliphatic heterocycles. The van der Waals surface area contributed by atoms with E-state index in [1.54, 1.807) is 4.90 Å². The Kier molecular flexibility index (Phi) is 7.36. The number of nitrogens with zero attached hydrogens (tertiary/aromatic N) is 1. The van der Waals surface area contributed by atoms with Gasteiger partial charge in [0.05, 0.1) is 6.61 Å². The highest BCUT2D eigenvalue weighted by Crippen LogP contribution is 2.18. The Morgan fingerprint density at radius 1 is 1.10 bits per heavy atom. The number of hydrogen-bond donors (Lipinski definition) is 2. The second kappa shape index (κ2) is 10.2. The van der Waals surface area contributed by atoms with Gasteiger partial charge in [0.1, 0.15) is 17.8 Å². The van der Waals surface area contributed by atoms with Crippen molar-refractivity contribution in [3.8, 4) is 5.75 Å². The van der Waals surface area contributed by atoms with Gasteiger partial charge in [-0.1, -0.05) is 54.6 Å². The third-order valence-electron chi connectivity index (χ3n) is 4.84. The average molecular weight is 411 g/mol. The lowest BCUT2D eigenvalue weighted by atomic mass is 10.0. The highest BCUT2D eigenvalue weighted by atomic mass is 32.1. The Morgan fingerprint density at radius 2 is 1.83 bits per heavy atom. The van der Waals surface area contributed by atoms with Crippen LogP contribution in [0.5, 0.6) is 5.75 Å². The van der Waals surface area contributed by atoms with E-state index in [1.807, 2.05) is 73.7 Å². The molecule has 5 nitrogen and oxygen atoms in total. The number of nitrogens with one attached hydrogen (secondary N) is 1. The maximum Gasteiger partial charge on any atom is 0.246 e. The monoisotopic (exact) mass is 410 g/mol. The van der Waals surface area contributed by atoms with E-state index in [0.29, 0.717) is 19.6 Å². The first-order valence-corrected chi connectivity index (χ1v) is 10.4. The number of ether oxygens (including phenoxy) is 1. The van der Waals surface area contributed by atoms with Gasteiger partial charge in [-0.15, -0.1) is 0 Å². The summed E-state index contributed by atoms with van der Waals surface area (Å²) in [6, 6.07) is 16.3. The lowest BCUT2D eigenvalue weighted by Crippen LogP contribution is -2.64. The minimum Gasteiger partial charge on any atom is -0.494 e. The molecule has 0 aromatic heterocycles. The van der Waals surface area contributed by atoms with Crippen molar-refractivity contribution in [2.24, 2.45) is 0 Å². The molecule has 152 valence electrons. The van der Waals surface area contributed by atoms with Crippen LogP contribution in [0.4, 0.5) is 0 Å². The van der Waals surface area contributed by atoms with Crippen LogP contribution in [0.3, 0.4) is 0 Å². The summed E-state index contributed by atoms with van der Waals surface area (Å²) in [5.41, 5.74) is 2.02. The summed E-state index contributed by atoms with van der Waals surface area (Å²) in [5.74, 6) is 0.823. The number of benzene rings is 2. The first kappa shape index (κ1) is 21.0. The molecule has 3 rings (SSSR count). The molecule has 0 spiro atoms. The summed E-state index contributed by atoms with van der Waals surface area (Å²) in [7, 11) is 0. The van der Waals surface area contributed by atoms with Gasteiger partial charge in [0, 0.05) is 18.7 Å². The number of hydrogen-bond acceptors (Lipinski definition) is 4. The molecule has 1 fully saturated rings. The molecule has 1 unspecified atom stereocenters. The van der Waals surface area contributed by atoms with Gasteiger partial charge in [-0.05, 0) is 30.2 Å². The minimum atomic E-state index is -0.582. The molecule has 6 heteroatoms. The molecule has 1 heterocycles. The number of amides is 2. The highest BCUT2D eigenvalue weighted by molar-refractivity contribution is 7.80. The van der Waals surface area contributed by atoms with E-state index in [1.165, 1.54) is 0 Å². The van der Waals surface area contributed by atoms with Crippen molar-refractivity contribution in [2.75, 3.05) is 18.9 Å². The first-order valence-electron chi connectivity index (χ1n) is 9.77. The van der Waals surface area contributed by atoms with E-state index in [4.69, 9.17) is 4.74 Å². The fourth-order valence-corrected chi connectivity index (χ4v) is 3.72. The SMILES string of the molecule is CCOc1ccc(C[C@@H]2NC(=O)C(CS)N(C/C=C/c3ccccc3)C2=O)cc1. The zero-order chi connectivity index (χ0) is 20.6. The molecule has 0 bridgehead atoms. The van der Waals surface area contributed by atoms with Gasteiger partial charge in [0.25, 0.3) is 0 Å². The van der Waals surface area contributed by atoms with Crippen LogP contribution in [0.1, 0.15) is 18.1 Å². The lowest BCUT2D eigenvalue weighted by Gasteiger charge is -2.38. The molecule has 2 aromatic carbocycles. The summed E-state index contributed by atoms with van der Waals surface area (Å²) < 4.78 is 5.45. The van der Waals surface area contributed by atoms with E-state index in [-0.39, 0.29) is 17.6 Å². The first-order chi connectivity index (χ1) is 14.1.